The van der Waals surface area contributed by atoms with Gasteiger partial charge in [0, 0.05) is 13.2 Å². The Morgan fingerprint density at radius 2 is 2.22 bits per heavy atom. The molecule has 0 aromatic heterocycles. The van der Waals surface area contributed by atoms with E-state index in [2.05, 4.69) is 10.6 Å². The third-order valence-corrected chi connectivity index (χ3v) is 3.77. The van der Waals surface area contributed by atoms with Crippen molar-refractivity contribution in [1.29, 1.82) is 0 Å². The Morgan fingerprint density at radius 3 is 2.87 bits per heavy atom. The van der Waals surface area contributed by atoms with Gasteiger partial charge in [-0.3, -0.25) is 4.79 Å². The molecule has 1 aromatic rings. The van der Waals surface area contributed by atoms with Crippen molar-refractivity contribution in [2.24, 2.45) is 0 Å². The van der Waals surface area contributed by atoms with Crippen molar-refractivity contribution in [3.05, 3.63) is 35.4 Å². The van der Waals surface area contributed by atoms with Crippen LogP contribution >= 0.6 is 0 Å². The van der Waals surface area contributed by atoms with Gasteiger partial charge in [0.25, 0.3) is 0 Å². The Labute approximate surface area is 133 Å². The van der Waals surface area contributed by atoms with E-state index in [9.17, 15) is 18.0 Å². The molecule has 0 spiro atoms. The largest absolute Gasteiger partial charge is 0.416 e. The summed E-state index contributed by atoms with van der Waals surface area (Å²) in [6, 6.07) is 4.50. The quantitative estimate of drug-likeness (QED) is 0.843. The first-order valence-corrected chi connectivity index (χ1v) is 7.65. The average molecular weight is 330 g/mol. The molecule has 0 saturated carbocycles. The van der Waals surface area contributed by atoms with Crippen LogP contribution in [0.1, 0.15) is 36.9 Å². The van der Waals surface area contributed by atoms with Crippen molar-refractivity contribution in [1.82, 2.24) is 10.6 Å². The number of rotatable bonds is 6. The molecule has 0 aliphatic carbocycles. The zero-order valence-electron chi connectivity index (χ0n) is 13.0. The predicted octanol–water partition coefficient (Wildman–Crippen LogP) is 2.65. The number of alkyl halides is 3. The molecule has 2 rings (SSSR count). The molecule has 128 valence electrons. The maximum atomic E-state index is 12.7. The molecule has 1 aromatic carbocycles. The SMILES string of the molecule is CC(NC(=O)CNCC1CCCO1)c1cccc(C(F)(F)F)c1. The molecular formula is C16H21F3N2O2. The van der Waals surface area contributed by atoms with Gasteiger partial charge in [0.1, 0.15) is 0 Å². The zero-order valence-corrected chi connectivity index (χ0v) is 13.0. The lowest BCUT2D eigenvalue weighted by molar-refractivity contribution is -0.137. The number of carbonyl (C=O) groups is 1. The molecule has 4 nitrogen and oxygen atoms in total. The van der Waals surface area contributed by atoms with Crippen molar-refractivity contribution >= 4 is 5.91 Å². The van der Waals surface area contributed by atoms with Gasteiger partial charge in [0.2, 0.25) is 5.91 Å². The van der Waals surface area contributed by atoms with Gasteiger partial charge in [-0.25, -0.2) is 0 Å². The summed E-state index contributed by atoms with van der Waals surface area (Å²) in [6.45, 7) is 3.13. The van der Waals surface area contributed by atoms with Crippen LogP contribution in [0, 0.1) is 0 Å². The third-order valence-electron chi connectivity index (χ3n) is 3.77. The first-order valence-electron chi connectivity index (χ1n) is 7.65. The molecule has 1 fully saturated rings. The van der Waals surface area contributed by atoms with Crippen molar-refractivity contribution in [2.75, 3.05) is 19.7 Å². The minimum atomic E-state index is -4.39. The second kappa shape index (κ2) is 7.79. The van der Waals surface area contributed by atoms with E-state index in [-0.39, 0.29) is 18.6 Å². The molecule has 2 unspecified atom stereocenters. The van der Waals surface area contributed by atoms with E-state index in [0.29, 0.717) is 12.1 Å². The van der Waals surface area contributed by atoms with E-state index in [1.807, 2.05) is 0 Å². The van der Waals surface area contributed by atoms with E-state index in [0.717, 1.165) is 31.6 Å². The van der Waals surface area contributed by atoms with E-state index >= 15 is 0 Å². The van der Waals surface area contributed by atoms with Crippen LogP contribution in [0.5, 0.6) is 0 Å². The van der Waals surface area contributed by atoms with Crippen LogP contribution in [0.2, 0.25) is 0 Å². The van der Waals surface area contributed by atoms with Crippen molar-refractivity contribution in [3.63, 3.8) is 0 Å². The molecule has 1 amide bonds. The Bertz CT molecular complexity index is 528. The monoisotopic (exact) mass is 330 g/mol. The molecule has 1 aliphatic rings. The Balaban J connectivity index is 1.81. The third kappa shape index (κ3) is 5.51. The summed E-state index contributed by atoms with van der Waals surface area (Å²) < 4.78 is 43.5. The molecular weight excluding hydrogens is 309 g/mol. The Morgan fingerprint density at radius 1 is 1.43 bits per heavy atom. The summed E-state index contributed by atoms with van der Waals surface area (Å²) in [6.07, 6.45) is -2.23. The lowest BCUT2D eigenvalue weighted by atomic mass is 10.0. The smallest absolute Gasteiger partial charge is 0.377 e. The van der Waals surface area contributed by atoms with Gasteiger partial charge in [-0.05, 0) is 37.5 Å². The number of hydrogen-bond donors (Lipinski definition) is 2. The molecule has 7 heteroatoms. The normalized spacial score (nSPS) is 19.6. The average Bonchev–Trinajstić information content (AvgIpc) is 2.99. The number of nitrogens with one attached hydrogen (secondary N) is 2. The summed E-state index contributed by atoms with van der Waals surface area (Å²) in [7, 11) is 0. The van der Waals surface area contributed by atoms with Crippen LogP contribution in [0.4, 0.5) is 13.2 Å². The Kier molecular flexibility index (Phi) is 6.01. The van der Waals surface area contributed by atoms with Gasteiger partial charge >= 0.3 is 6.18 Å². The maximum Gasteiger partial charge on any atom is 0.416 e. The van der Waals surface area contributed by atoms with Crippen LogP contribution in [0.15, 0.2) is 24.3 Å². The molecule has 1 heterocycles. The highest BCUT2D eigenvalue weighted by atomic mass is 19.4. The maximum absolute atomic E-state index is 12.7. The molecule has 0 bridgehead atoms. The van der Waals surface area contributed by atoms with Crippen molar-refractivity contribution in [2.45, 2.75) is 38.1 Å². The number of ether oxygens (including phenoxy) is 1. The summed E-state index contributed by atoms with van der Waals surface area (Å²) in [5.41, 5.74) is -0.292. The van der Waals surface area contributed by atoms with Gasteiger partial charge in [-0.2, -0.15) is 13.2 Å². The highest BCUT2D eigenvalue weighted by Crippen LogP contribution is 2.30. The fourth-order valence-electron chi connectivity index (χ4n) is 2.51. The fraction of sp³-hybridized carbons (Fsp3) is 0.562. The first kappa shape index (κ1) is 17.7. The highest BCUT2D eigenvalue weighted by Gasteiger charge is 2.30. The number of hydrogen-bond acceptors (Lipinski definition) is 3. The number of amides is 1. The minimum absolute atomic E-state index is 0.114. The van der Waals surface area contributed by atoms with Crippen LogP contribution in [0.3, 0.4) is 0 Å². The summed E-state index contributed by atoms with van der Waals surface area (Å²) in [4.78, 5) is 11.8. The van der Waals surface area contributed by atoms with Gasteiger partial charge in [-0.15, -0.1) is 0 Å². The molecule has 2 N–H and O–H groups in total. The van der Waals surface area contributed by atoms with Crippen LogP contribution in [-0.4, -0.2) is 31.7 Å². The van der Waals surface area contributed by atoms with Crippen molar-refractivity contribution in [3.8, 4) is 0 Å². The zero-order chi connectivity index (χ0) is 16.9. The van der Waals surface area contributed by atoms with Crippen molar-refractivity contribution < 1.29 is 22.7 Å². The molecule has 2 atom stereocenters. The topological polar surface area (TPSA) is 50.4 Å². The number of benzene rings is 1. The molecule has 23 heavy (non-hydrogen) atoms. The summed E-state index contributed by atoms with van der Waals surface area (Å²) in [5, 5.41) is 5.69. The van der Waals surface area contributed by atoms with E-state index in [1.165, 1.54) is 6.07 Å². The molecule has 0 radical (unpaired) electrons. The molecule has 1 aliphatic heterocycles. The van der Waals surface area contributed by atoms with Gasteiger partial charge < -0.3 is 15.4 Å². The minimum Gasteiger partial charge on any atom is -0.377 e. The lowest BCUT2D eigenvalue weighted by Gasteiger charge is -2.17. The second-order valence-corrected chi connectivity index (χ2v) is 5.68. The van der Waals surface area contributed by atoms with Gasteiger partial charge in [0.05, 0.1) is 24.3 Å². The lowest BCUT2D eigenvalue weighted by Crippen LogP contribution is -2.38. The predicted molar refractivity (Wildman–Crippen MR) is 79.8 cm³/mol. The Hall–Kier alpha value is -1.60. The standard InChI is InChI=1S/C16H21F3N2O2/c1-11(12-4-2-5-13(8-12)16(17,18)19)21-15(22)10-20-9-14-6-3-7-23-14/h2,4-5,8,11,14,20H,3,6-7,9-10H2,1H3,(H,21,22). The molecule has 1 saturated heterocycles. The van der Waals surface area contributed by atoms with Crippen LogP contribution in [-0.2, 0) is 15.7 Å². The second-order valence-electron chi connectivity index (χ2n) is 5.68. The number of carbonyl (C=O) groups excluding carboxylic acids is 1. The van der Waals surface area contributed by atoms with E-state index < -0.39 is 17.8 Å². The van der Waals surface area contributed by atoms with Crippen LogP contribution < -0.4 is 10.6 Å². The highest BCUT2D eigenvalue weighted by molar-refractivity contribution is 5.78. The summed E-state index contributed by atoms with van der Waals surface area (Å²) in [5.74, 6) is -0.257. The van der Waals surface area contributed by atoms with Gasteiger partial charge in [-0.1, -0.05) is 12.1 Å². The van der Waals surface area contributed by atoms with Crippen LogP contribution in [0.25, 0.3) is 0 Å². The number of halogens is 3. The van der Waals surface area contributed by atoms with E-state index in [1.54, 1.807) is 13.0 Å². The fourth-order valence-corrected chi connectivity index (χ4v) is 2.51. The first-order chi connectivity index (χ1) is 10.9. The summed E-state index contributed by atoms with van der Waals surface area (Å²) >= 11 is 0. The van der Waals surface area contributed by atoms with E-state index in [4.69, 9.17) is 4.74 Å². The van der Waals surface area contributed by atoms with Gasteiger partial charge in [0.15, 0.2) is 0 Å².